The van der Waals surface area contributed by atoms with E-state index in [0.29, 0.717) is 19.0 Å². The fourth-order valence-electron chi connectivity index (χ4n) is 3.23. The predicted molar refractivity (Wildman–Crippen MR) is 83.3 cm³/mol. The van der Waals surface area contributed by atoms with E-state index in [4.69, 9.17) is 4.74 Å². The summed E-state index contributed by atoms with van der Waals surface area (Å²) in [6.45, 7) is 1.42. The average Bonchev–Trinajstić information content (AvgIpc) is 2.49. The first kappa shape index (κ1) is 16.0. The molecule has 0 aromatic heterocycles. The highest BCUT2D eigenvalue weighted by atomic mass is 32.2. The Kier molecular flexibility index (Phi) is 5.21. The van der Waals surface area contributed by atoms with Gasteiger partial charge in [-0.25, -0.2) is 8.78 Å². The highest BCUT2D eigenvalue weighted by Gasteiger charge is 2.33. The molecule has 2 fully saturated rings. The van der Waals surface area contributed by atoms with Crippen molar-refractivity contribution < 1.29 is 18.6 Å². The Labute approximate surface area is 133 Å². The molecule has 1 aromatic rings. The van der Waals surface area contributed by atoms with E-state index in [1.807, 2.05) is 11.8 Å². The normalized spacial score (nSPS) is 27.8. The maximum Gasteiger partial charge on any atom is 0.129 e. The molecule has 2 aliphatic heterocycles. The van der Waals surface area contributed by atoms with Gasteiger partial charge in [0, 0.05) is 37.3 Å². The lowest BCUT2D eigenvalue weighted by molar-refractivity contribution is -0.0383. The molecule has 0 aliphatic carbocycles. The number of likely N-dealkylation sites (tertiary alicyclic amines) is 1. The fraction of sp³-hybridized carbons (Fsp3) is 0.625. The minimum Gasteiger partial charge on any atom is -0.487 e. The summed E-state index contributed by atoms with van der Waals surface area (Å²) in [6.07, 6.45) is 1.96. The van der Waals surface area contributed by atoms with Crippen molar-refractivity contribution in [2.75, 3.05) is 24.6 Å². The third kappa shape index (κ3) is 3.91. The maximum atomic E-state index is 13.2. The van der Waals surface area contributed by atoms with Crippen molar-refractivity contribution in [3.8, 4) is 5.75 Å². The van der Waals surface area contributed by atoms with Crippen molar-refractivity contribution >= 4 is 11.8 Å². The molecular weight excluding hydrogens is 308 g/mol. The highest BCUT2D eigenvalue weighted by Crippen LogP contribution is 2.27. The number of aliphatic hydroxyl groups excluding tert-OH is 1. The summed E-state index contributed by atoms with van der Waals surface area (Å²) in [7, 11) is 0. The number of piperidine rings is 1. The smallest absolute Gasteiger partial charge is 0.129 e. The molecule has 3 nitrogen and oxygen atoms in total. The summed E-state index contributed by atoms with van der Waals surface area (Å²) in [6, 6.07) is 3.66. The van der Waals surface area contributed by atoms with E-state index in [1.54, 1.807) is 0 Å². The fourth-order valence-corrected chi connectivity index (χ4v) is 4.31. The number of ether oxygens (including phenoxy) is 1. The number of hydrogen-bond donors (Lipinski definition) is 1. The quantitative estimate of drug-likeness (QED) is 0.924. The van der Waals surface area contributed by atoms with Gasteiger partial charge in [-0.3, -0.25) is 4.90 Å². The Morgan fingerprint density at radius 3 is 2.41 bits per heavy atom. The number of nitrogens with zero attached hydrogens (tertiary/aromatic N) is 1. The first-order valence-electron chi connectivity index (χ1n) is 7.74. The lowest BCUT2D eigenvalue weighted by Crippen LogP contribution is -2.53. The zero-order chi connectivity index (χ0) is 15.5. The number of rotatable bonds is 3. The monoisotopic (exact) mass is 329 g/mol. The molecule has 0 amide bonds. The molecule has 0 bridgehead atoms. The van der Waals surface area contributed by atoms with Gasteiger partial charge in [-0.2, -0.15) is 11.8 Å². The summed E-state index contributed by atoms with van der Waals surface area (Å²) in [5, 5.41) is 10.3. The molecule has 0 unspecified atom stereocenters. The van der Waals surface area contributed by atoms with Crippen LogP contribution in [0.15, 0.2) is 18.2 Å². The number of benzene rings is 1. The third-order valence-corrected chi connectivity index (χ3v) is 5.43. The molecule has 3 rings (SSSR count). The van der Waals surface area contributed by atoms with E-state index in [1.165, 1.54) is 11.5 Å². The summed E-state index contributed by atoms with van der Waals surface area (Å²) in [5.41, 5.74) is 0. The van der Waals surface area contributed by atoms with E-state index in [9.17, 15) is 13.9 Å². The standard InChI is InChI=1S/C16H21F2NO2S/c17-11-7-12(18)9-14(8-11)21-16-1-4-19(10-15(16)20)13-2-5-22-6-3-13/h7-9,13,15-16,20H,1-6,10H2/t15-,16-/m1/s1. The van der Waals surface area contributed by atoms with Crippen LogP contribution in [0.25, 0.3) is 0 Å². The SMILES string of the molecule is O[C@@H]1CN(C2CCSCC2)CC[C@H]1Oc1cc(F)cc(F)c1. The molecule has 2 aliphatic rings. The summed E-state index contributed by atoms with van der Waals surface area (Å²) >= 11 is 1.98. The summed E-state index contributed by atoms with van der Waals surface area (Å²) in [5.74, 6) is 1.17. The summed E-state index contributed by atoms with van der Waals surface area (Å²) in [4.78, 5) is 2.33. The van der Waals surface area contributed by atoms with Gasteiger partial charge in [-0.05, 0) is 30.8 Å². The van der Waals surface area contributed by atoms with Crippen molar-refractivity contribution in [2.24, 2.45) is 0 Å². The molecule has 0 spiro atoms. The van der Waals surface area contributed by atoms with Crippen molar-refractivity contribution in [2.45, 2.75) is 37.5 Å². The molecule has 2 saturated heterocycles. The Morgan fingerprint density at radius 2 is 1.77 bits per heavy atom. The van der Waals surface area contributed by atoms with Crippen molar-refractivity contribution in [3.05, 3.63) is 29.8 Å². The first-order valence-corrected chi connectivity index (χ1v) is 8.90. The maximum absolute atomic E-state index is 13.2. The number of aliphatic hydroxyl groups is 1. The van der Waals surface area contributed by atoms with Gasteiger partial charge in [-0.15, -0.1) is 0 Å². The topological polar surface area (TPSA) is 32.7 Å². The molecule has 2 heterocycles. The van der Waals surface area contributed by atoms with Gasteiger partial charge in [0.15, 0.2) is 0 Å². The summed E-state index contributed by atoms with van der Waals surface area (Å²) < 4.78 is 32.0. The van der Waals surface area contributed by atoms with Gasteiger partial charge in [0.1, 0.15) is 29.6 Å². The zero-order valence-electron chi connectivity index (χ0n) is 12.4. The van der Waals surface area contributed by atoms with Gasteiger partial charge in [0.2, 0.25) is 0 Å². The second-order valence-electron chi connectivity index (χ2n) is 5.96. The number of hydrogen-bond acceptors (Lipinski definition) is 4. The zero-order valence-corrected chi connectivity index (χ0v) is 13.2. The Hall–Kier alpha value is -0.850. The molecule has 0 saturated carbocycles. The van der Waals surface area contributed by atoms with Crippen LogP contribution in [0.3, 0.4) is 0 Å². The minimum absolute atomic E-state index is 0.143. The van der Waals surface area contributed by atoms with Crippen LogP contribution >= 0.6 is 11.8 Å². The first-order chi connectivity index (χ1) is 10.6. The molecule has 2 atom stereocenters. The van der Waals surface area contributed by atoms with Crippen LogP contribution in [-0.4, -0.2) is 52.9 Å². The van der Waals surface area contributed by atoms with E-state index in [0.717, 1.165) is 37.6 Å². The second kappa shape index (κ2) is 7.15. The van der Waals surface area contributed by atoms with Crippen molar-refractivity contribution in [3.63, 3.8) is 0 Å². The average molecular weight is 329 g/mol. The molecular formula is C16H21F2NO2S. The Balaban J connectivity index is 1.58. The van der Waals surface area contributed by atoms with Crippen LogP contribution in [-0.2, 0) is 0 Å². The van der Waals surface area contributed by atoms with Gasteiger partial charge in [0.25, 0.3) is 0 Å². The van der Waals surface area contributed by atoms with Gasteiger partial charge < -0.3 is 9.84 Å². The molecule has 0 radical (unpaired) electrons. The van der Waals surface area contributed by atoms with Crippen LogP contribution in [0.4, 0.5) is 8.78 Å². The molecule has 1 N–H and O–H groups in total. The Bertz CT molecular complexity index is 491. The van der Waals surface area contributed by atoms with Crippen LogP contribution in [0.2, 0.25) is 0 Å². The van der Waals surface area contributed by atoms with E-state index >= 15 is 0 Å². The number of β-amino-alcohol motifs (C(OH)–C–C–N with tert-alkyl or cyclic N) is 1. The predicted octanol–water partition coefficient (Wildman–Crippen LogP) is 2.67. The van der Waals surface area contributed by atoms with Crippen molar-refractivity contribution in [1.82, 2.24) is 4.90 Å². The van der Waals surface area contributed by atoms with Gasteiger partial charge >= 0.3 is 0 Å². The number of thioether (sulfide) groups is 1. The minimum atomic E-state index is -0.665. The number of halogens is 2. The van der Waals surface area contributed by atoms with E-state index in [2.05, 4.69) is 4.90 Å². The van der Waals surface area contributed by atoms with Crippen LogP contribution in [0.5, 0.6) is 5.75 Å². The van der Waals surface area contributed by atoms with Crippen LogP contribution in [0, 0.1) is 11.6 Å². The van der Waals surface area contributed by atoms with E-state index in [-0.39, 0.29) is 5.75 Å². The van der Waals surface area contributed by atoms with Gasteiger partial charge in [0.05, 0.1) is 0 Å². The van der Waals surface area contributed by atoms with E-state index < -0.39 is 23.8 Å². The second-order valence-corrected chi connectivity index (χ2v) is 7.18. The largest absolute Gasteiger partial charge is 0.487 e. The highest BCUT2D eigenvalue weighted by molar-refractivity contribution is 7.99. The lowest BCUT2D eigenvalue weighted by atomic mass is 10.0. The lowest BCUT2D eigenvalue weighted by Gasteiger charge is -2.41. The van der Waals surface area contributed by atoms with Crippen LogP contribution in [0.1, 0.15) is 19.3 Å². The molecule has 1 aromatic carbocycles. The molecule has 122 valence electrons. The van der Waals surface area contributed by atoms with Crippen molar-refractivity contribution in [1.29, 1.82) is 0 Å². The molecule has 22 heavy (non-hydrogen) atoms. The molecule has 6 heteroatoms. The third-order valence-electron chi connectivity index (χ3n) is 4.38. The Morgan fingerprint density at radius 1 is 1.09 bits per heavy atom. The van der Waals surface area contributed by atoms with Crippen LogP contribution < -0.4 is 4.74 Å². The van der Waals surface area contributed by atoms with Gasteiger partial charge in [-0.1, -0.05) is 0 Å².